The number of carbonyl (C=O) groups excluding carboxylic acids is 2. The maximum Gasteiger partial charge on any atom is 0.255 e. The van der Waals surface area contributed by atoms with E-state index >= 15 is 0 Å². The topological polar surface area (TPSA) is 74.8 Å². The molecule has 7 nitrogen and oxygen atoms in total. The zero-order valence-corrected chi connectivity index (χ0v) is 20.0. The van der Waals surface area contributed by atoms with Gasteiger partial charge in [-0.2, -0.15) is 0 Å². The van der Waals surface area contributed by atoms with Crippen LogP contribution >= 0.6 is 11.6 Å². The molecule has 180 valence electrons. The molecule has 3 aliphatic heterocycles. The molecule has 2 aromatic rings. The molecule has 0 saturated carbocycles. The number of hydrogen-bond donors (Lipinski definition) is 1. The number of hydrogen-bond acceptors (Lipinski definition) is 5. The summed E-state index contributed by atoms with van der Waals surface area (Å²) >= 11 is 6.19. The molecule has 0 bridgehead atoms. The summed E-state index contributed by atoms with van der Waals surface area (Å²) in [4.78, 5) is 34.1. The van der Waals surface area contributed by atoms with Crippen LogP contribution in [0.1, 0.15) is 34.8 Å². The van der Waals surface area contributed by atoms with E-state index in [0.29, 0.717) is 35.6 Å². The first kappa shape index (κ1) is 23.3. The van der Waals surface area contributed by atoms with E-state index in [1.807, 2.05) is 23.1 Å². The van der Waals surface area contributed by atoms with Gasteiger partial charge in [-0.15, -0.1) is 0 Å². The SMILES string of the molecule is O=C(N[C@@H](CCN1CC2CN(C(=O)c3ccncc3Cl)CC2C1)c1ccccc1)C1CCOC1. The molecule has 1 aromatic carbocycles. The number of benzene rings is 1. The third kappa shape index (κ3) is 5.11. The van der Waals surface area contributed by atoms with Crippen LogP contribution in [-0.2, 0) is 9.53 Å². The van der Waals surface area contributed by atoms with E-state index in [4.69, 9.17) is 16.3 Å². The molecule has 1 N–H and O–H groups in total. The van der Waals surface area contributed by atoms with Crippen molar-refractivity contribution in [2.45, 2.75) is 18.9 Å². The Morgan fingerprint density at radius 2 is 1.88 bits per heavy atom. The van der Waals surface area contributed by atoms with E-state index in [1.165, 1.54) is 6.20 Å². The second-order valence-electron chi connectivity index (χ2n) is 9.67. The lowest BCUT2D eigenvalue weighted by molar-refractivity contribution is -0.125. The van der Waals surface area contributed by atoms with Crippen LogP contribution in [0.2, 0.25) is 5.02 Å². The molecule has 8 heteroatoms. The average Bonchev–Trinajstić information content (AvgIpc) is 3.59. The summed E-state index contributed by atoms with van der Waals surface area (Å²) in [7, 11) is 0. The van der Waals surface area contributed by atoms with Gasteiger partial charge in [0.05, 0.1) is 29.2 Å². The van der Waals surface area contributed by atoms with Gasteiger partial charge in [0, 0.05) is 51.7 Å². The van der Waals surface area contributed by atoms with E-state index in [-0.39, 0.29) is 23.8 Å². The maximum absolute atomic E-state index is 12.9. The molecule has 3 saturated heterocycles. The molecule has 34 heavy (non-hydrogen) atoms. The van der Waals surface area contributed by atoms with Crippen molar-refractivity contribution < 1.29 is 14.3 Å². The zero-order valence-electron chi connectivity index (χ0n) is 19.2. The van der Waals surface area contributed by atoms with Crippen molar-refractivity contribution >= 4 is 23.4 Å². The minimum absolute atomic E-state index is 0.00361. The second-order valence-corrected chi connectivity index (χ2v) is 10.1. The number of halogens is 1. The van der Waals surface area contributed by atoms with E-state index in [2.05, 4.69) is 27.3 Å². The monoisotopic (exact) mass is 482 g/mol. The molecule has 4 heterocycles. The molecule has 3 fully saturated rings. The third-order valence-electron chi connectivity index (χ3n) is 7.40. The largest absolute Gasteiger partial charge is 0.381 e. The molecule has 0 radical (unpaired) electrons. The van der Waals surface area contributed by atoms with Crippen molar-refractivity contribution in [1.82, 2.24) is 20.1 Å². The maximum atomic E-state index is 12.9. The lowest BCUT2D eigenvalue weighted by Gasteiger charge is -2.25. The number of pyridine rings is 1. The van der Waals surface area contributed by atoms with Crippen LogP contribution in [-0.4, -0.2) is 72.5 Å². The Hall–Kier alpha value is -2.48. The zero-order chi connectivity index (χ0) is 23.5. The Labute approximate surface area is 205 Å². The Morgan fingerprint density at radius 1 is 1.12 bits per heavy atom. The standard InChI is InChI=1S/C26H31ClN4O3/c27-23-12-28-9-6-22(23)26(33)31-15-20-13-30(14-21(20)16-31)10-7-24(18-4-2-1-3-5-18)29-25(32)19-8-11-34-17-19/h1-6,9,12,19-21,24H,7-8,10-11,13-17H2,(H,29,32)/t19?,20?,21?,24-/m0/s1. The van der Waals surface area contributed by atoms with Crippen molar-refractivity contribution in [3.05, 3.63) is 64.9 Å². The van der Waals surface area contributed by atoms with Crippen LogP contribution in [0.25, 0.3) is 0 Å². The molecular formula is C26H31ClN4O3. The summed E-state index contributed by atoms with van der Waals surface area (Å²) in [6, 6.07) is 11.9. The van der Waals surface area contributed by atoms with Gasteiger partial charge in [0.2, 0.25) is 5.91 Å². The first-order valence-corrected chi connectivity index (χ1v) is 12.5. The van der Waals surface area contributed by atoms with E-state index < -0.39 is 0 Å². The number of amides is 2. The Balaban J connectivity index is 1.16. The van der Waals surface area contributed by atoms with Crippen LogP contribution in [0.15, 0.2) is 48.8 Å². The average molecular weight is 483 g/mol. The molecule has 2 amide bonds. The van der Waals surface area contributed by atoms with Crippen LogP contribution in [0.5, 0.6) is 0 Å². The van der Waals surface area contributed by atoms with Gasteiger partial charge in [-0.3, -0.25) is 14.6 Å². The van der Waals surface area contributed by atoms with Gasteiger partial charge >= 0.3 is 0 Å². The molecule has 0 aliphatic carbocycles. The molecule has 4 atom stereocenters. The highest BCUT2D eigenvalue weighted by Crippen LogP contribution is 2.33. The Bertz CT molecular complexity index is 1000. The number of ether oxygens (including phenoxy) is 1. The highest BCUT2D eigenvalue weighted by molar-refractivity contribution is 6.33. The van der Waals surface area contributed by atoms with Crippen molar-refractivity contribution in [2.75, 3.05) is 45.9 Å². The lowest BCUT2D eigenvalue weighted by Crippen LogP contribution is -2.37. The predicted octanol–water partition coefficient (Wildman–Crippen LogP) is 3.02. The van der Waals surface area contributed by atoms with Crippen LogP contribution < -0.4 is 5.32 Å². The van der Waals surface area contributed by atoms with E-state index in [1.54, 1.807) is 12.3 Å². The quantitative estimate of drug-likeness (QED) is 0.656. The van der Waals surface area contributed by atoms with E-state index in [0.717, 1.165) is 51.1 Å². The molecule has 1 aromatic heterocycles. The van der Waals surface area contributed by atoms with Gasteiger partial charge in [0.25, 0.3) is 5.91 Å². The van der Waals surface area contributed by atoms with Gasteiger partial charge in [0.1, 0.15) is 0 Å². The van der Waals surface area contributed by atoms with Crippen LogP contribution in [0.4, 0.5) is 0 Å². The first-order valence-electron chi connectivity index (χ1n) is 12.1. The number of likely N-dealkylation sites (tertiary alicyclic amines) is 2. The minimum Gasteiger partial charge on any atom is -0.381 e. The molecule has 3 unspecified atom stereocenters. The molecule has 3 aliphatic rings. The third-order valence-corrected chi connectivity index (χ3v) is 7.71. The van der Waals surface area contributed by atoms with Gasteiger partial charge < -0.3 is 19.9 Å². The van der Waals surface area contributed by atoms with Crippen LogP contribution in [0.3, 0.4) is 0 Å². The second kappa shape index (κ2) is 10.4. The summed E-state index contributed by atoms with van der Waals surface area (Å²) < 4.78 is 5.40. The number of rotatable bonds is 7. The fraction of sp³-hybridized carbons (Fsp3) is 0.500. The summed E-state index contributed by atoms with van der Waals surface area (Å²) in [5.41, 5.74) is 1.67. The van der Waals surface area contributed by atoms with Gasteiger partial charge in [-0.1, -0.05) is 41.9 Å². The Morgan fingerprint density at radius 3 is 2.56 bits per heavy atom. The Kier molecular flexibility index (Phi) is 7.13. The van der Waals surface area contributed by atoms with Gasteiger partial charge in [0.15, 0.2) is 0 Å². The summed E-state index contributed by atoms with van der Waals surface area (Å²) in [5.74, 6) is 0.995. The minimum atomic E-state index is -0.0465. The first-order chi connectivity index (χ1) is 16.6. The molecule has 5 rings (SSSR count). The smallest absolute Gasteiger partial charge is 0.255 e. The highest BCUT2D eigenvalue weighted by atomic mass is 35.5. The van der Waals surface area contributed by atoms with Crippen molar-refractivity contribution in [2.24, 2.45) is 17.8 Å². The number of nitrogens with zero attached hydrogens (tertiary/aromatic N) is 3. The predicted molar refractivity (Wildman–Crippen MR) is 129 cm³/mol. The lowest BCUT2D eigenvalue weighted by atomic mass is 10.0. The summed E-state index contributed by atoms with van der Waals surface area (Å²) in [6.45, 7) is 5.58. The van der Waals surface area contributed by atoms with Gasteiger partial charge in [-0.25, -0.2) is 0 Å². The summed E-state index contributed by atoms with van der Waals surface area (Å²) in [5, 5.41) is 3.69. The highest BCUT2D eigenvalue weighted by Gasteiger charge is 2.42. The number of fused-ring (bicyclic) bond motifs is 1. The van der Waals surface area contributed by atoms with E-state index in [9.17, 15) is 9.59 Å². The molecule has 0 spiro atoms. The molecular weight excluding hydrogens is 452 g/mol. The van der Waals surface area contributed by atoms with Crippen molar-refractivity contribution in [3.63, 3.8) is 0 Å². The number of aromatic nitrogens is 1. The van der Waals surface area contributed by atoms with Crippen molar-refractivity contribution in [1.29, 1.82) is 0 Å². The number of carbonyl (C=O) groups is 2. The fourth-order valence-electron chi connectivity index (χ4n) is 5.51. The fourth-order valence-corrected chi connectivity index (χ4v) is 5.71. The normalized spacial score (nSPS) is 25.3. The van der Waals surface area contributed by atoms with Crippen molar-refractivity contribution in [3.8, 4) is 0 Å². The summed E-state index contributed by atoms with van der Waals surface area (Å²) in [6.07, 6.45) is 4.79. The van der Waals surface area contributed by atoms with Gasteiger partial charge in [-0.05, 0) is 36.3 Å². The van der Waals surface area contributed by atoms with Crippen LogP contribution in [0, 0.1) is 17.8 Å². The number of nitrogens with one attached hydrogen (secondary N) is 1.